The van der Waals surface area contributed by atoms with Gasteiger partial charge in [-0.3, -0.25) is 5.41 Å². The molecular formula is C12H15NO3. The molecule has 0 saturated carbocycles. The first-order valence-corrected chi connectivity index (χ1v) is 4.74. The van der Waals surface area contributed by atoms with Gasteiger partial charge in [0.1, 0.15) is 0 Å². The summed E-state index contributed by atoms with van der Waals surface area (Å²) in [5, 5.41) is 7.30. The highest BCUT2D eigenvalue weighted by Gasteiger charge is 2.02. The van der Waals surface area contributed by atoms with Crippen molar-refractivity contribution in [2.75, 3.05) is 21.3 Å². The highest BCUT2D eigenvalue weighted by Crippen LogP contribution is 2.27. The van der Waals surface area contributed by atoms with E-state index in [4.69, 9.17) is 19.6 Å². The number of hydrogen-bond acceptors (Lipinski definition) is 4. The Labute approximate surface area is 95.0 Å². The zero-order valence-corrected chi connectivity index (χ0v) is 9.61. The molecule has 0 aromatic heterocycles. The SMILES string of the molecule is COC(=N)C=Cc1ccc(OC)c(OC)c1. The van der Waals surface area contributed by atoms with Gasteiger partial charge in [0.2, 0.25) is 5.90 Å². The van der Waals surface area contributed by atoms with Crippen molar-refractivity contribution in [3.05, 3.63) is 29.8 Å². The number of methoxy groups -OCH3 is 3. The van der Waals surface area contributed by atoms with E-state index in [2.05, 4.69) is 0 Å². The Morgan fingerprint density at radius 3 is 2.38 bits per heavy atom. The molecule has 86 valence electrons. The first-order valence-electron chi connectivity index (χ1n) is 4.74. The third kappa shape index (κ3) is 3.02. The van der Waals surface area contributed by atoms with Crippen LogP contribution in [-0.2, 0) is 4.74 Å². The van der Waals surface area contributed by atoms with E-state index in [-0.39, 0.29) is 5.90 Å². The predicted octanol–water partition coefficient (Wildman–Crippen LogP) is 2.34. The molecule has 1 N–H and O–H groups in total. The molecule has 0 unspecified atom stereocenters. The predicted molar refractivity (Wildman–Crippen MR) is 63.3 cm³/mol. The van der Waals surface area contributed by atoms with Crippen LogP contribution in [0.4, 0.5) is 0 Å². The topological polar surface area (TPSA) is 51.5 Å². The second kappa shape index (κ2) is 5.80. The van der Waals surface area contributed by atoms with Crippen LogP contribution in [-0.4, -0.2) is 27.2 Å². The summed E-state index contributed by atoms with van der Waals surface area (Å²) < 4.78 is 15.0. The highest BCUT2D eigenvalue weighted by atomic mass is 16.5. The molecular weight excluding hydrogens is 206 g/mol. The van der Waals surface area contributed by atoms with Gasteiger partial charge in [-0.05, 0) is 23.8 Å². The van der Waals surface area contributed by atoms with Gasteiger partial charge in [0.05, 0.1) is 21.3 Å². The average Bonchev–Trinajstić information content (AvgIpc) is 2.35. The molecule has 4 nitrogen and oxygen atoms in total. The summed E-state index contributed by atoms with van der Waals surface area (Å²) in [5.41, 5.74) is 0.916. The molecule has 0 radical (unpaired) electrons. The first kappa shape index (κ1) is 12.1. The zero-order chi connectivity index (χ0) is 12.0. The zero-order valence-electron chi connectivity index (χ0n) is 9.61. The molecule has 0 aliphatic heterocycles. The number of nitrogens with one attached hydrogen (secondary N) is 1. The summed E-state index contributed by atoms with van der Waals surface area (Å²) in [7, 11) is 4.64. The molecule has 1 aromatic rings. The van der Waals surface area contributed by atoms with Gasteiger partial charge in [-0.2, -0.15) is 0 Å². The summed E-state index contributed by atoms with van der Waals surface area (Å²) in [6.07, 6.45) is 3.34. The smallest absolute Gasteiger partial charge is 0.205 e. The highest BCUT2D eigenvalue weighted by molar-refractivity contribution is 5.89. The van der Waals surface area contributed by atoms with Gasteiger partial charge in [0, 0.05) is 6.08 Å². The van der Waals surface area contributed by atoms with Crippen molar-refractivity contribution in [3.63, 3.8) is 0 Å². The van der Waals surface area contributed by atoms with Gasteiger partial charge in [0.25, 0.3) is 0 Å². The van der Waals surface area contributed by atoms with Crippen molar-refractivity contribution >= 4 is 12.0 Å². The lowest BCUT2D eigenvalue weighted by atomic mass is 10.2. The second-order valence-corrected chi connectivity index (χ2v) is 3.02. The van der Waals surface area contributed by atoms with E-state index in [1.165, 1.54) is 7.11 Å². The van der Waals surface area contributed by atoms with Crippen LogP contribution < -0.4 is 9.47 Å². The monoisotopic (exact) mass is 221 g/mol. The summed E-state index contributed by atoms with van der Waals surface area (Å²) in [4.78, 5) is 0. The molecule has 4 heteroatoms. The normalized spacial score (nSPS) is 10.2. The molecule has 0 aliphatic rings. The van der Waals surface area contributed by atoms with Crippen molar-refractivity contribution in [1.29, 1.82) is 5.41 Å². The standard InChI is InChI=1S/C12H15NO3/c1-14-10-6-4-9(8-11(10)15-2)5-7-12(13)16-3/h4-8,13H,1-3H3. The fraction of sp³-hybridized carbons (Fsp3) is 0.250. The van der Waals surface area contributed by atoms with E-state index < -0.39 is 0 Å². The quantitative estimate of drug-likeness (QED) is 0.627. The maximum absolute atomic E-state index is 7.30. The lowest BCUT2D eigenvalue weighted by Gasteiger charge is -2.07. The first-order chi connectivity index (χ1) is 7.71. The number of benzene rings is 1. The Bertz CT molecular complexity index is 399. The molecule has 0 heterocycles. The van der Waals surface area contributed by atoms with Crippen LogP contribution in [0.5, 0.6) is 11.5 Å². The van der Waals surface area contributed by atoms with Crippen molar-refractivity contribution in [2.24, 2.45) is 0 Å². The molecule has 1 rings (SSSR count). The molecule has 0 aliphatic carbocycles. The van der Waals surface area contributed by atoms with Crippen LogP contribution in [0.1, 0.15) is 5.56 Å². The Morgan fingerprint density at radius 1 is 1.12 bits per heavy atom. The Kier molecular flexibility index (Phi) is 4.39. The van der Waals surface area contributed by atoms with Gasteiger partial charge in [0.15, 0.2) is 11.5 Å². The van der Waals surface area contributed by atoms with E-state index in [0.29, 0.717) is 11.5 Å². The molecule has 0 fully saturated rings. The minimum Gasteiger partial charge on any atom is -0.493 e. The van der Waals surface area contributed by atoms with Crippen LogP contribution >= 0.6 is 0 Å². The minimum absolute atomic E-state index is 0.106. The van der Waals surface area contributed by atoms with Crippen molar-refractivity contribution in [1.82, 2.24) is 0 Å². The Hall–Kier alpha value is -1.97. The summed E-state index contributed by atoms with van der Waals surface area (Å²) >= 11 is 0. The number of rotatable bonds is 4. The second-order valence-electron chi connectivity index (χ2n) is 3.02. The largest absolute Gasteiger partial charge is 0.493 e. The van der Waals surface area contributed by atoms with Gasteiger partial charge in [-0.1, -0.05) is 6.07 Å². The number of hydrogen-bond donors (Lipinski definition) is 1. The lowest BCUT2D eigenvalue weighted by molar-refractivity contribution is 0.355. The van der Waals surface area contributed by atoms with E-state index in [1.54, 1.807) is 26.4 Å². The molecule has 0 saturated heterocycles. The van der Waals surface area contributed by atoms with Crippen molar-refractivity contribution in [2.45, 2.75) is 0 Å². The molecule has 0 atom stereocenters. The summed E-state index contributed by atoms with van der Waals surface area (Å²) in [6, 6.07) is 5.52. The maximum atomic E-state index is 7.30. The fourth-order valence-corrected chi connectivity index (χ4v) is 1.20. The van der Waals surface area contributed by atoms with Crippen LogP contribution in [0.25, 0.3) is 6.08 Å². The van der Waals surface area contributed by atoms with Gasteiger partial charge >= 0.3 is 0 Å². The van der Waals surface area contributed by atoms with Crippen LogP contribution in [0.15, 0.2) is 24.3 Å². The molecule has 1 aromatic carbocycles. The number of ether oxygens (including phenoxy) is 3. The minimum atomic E-state index is 0.106. The molecule has 0 bridgehead atoms. The van der Waals surface area contributed by atoms with E-state index in [1.807, 2.05) is 18.2 Å². The van der Waals surface area contributed by atoms with Crippen LogP contribution in [0.2, 0.25) is 0 Å². The average molecular weight is 221 g/mol. The van der Waals surface area contributed by atoms with Crippen molar-refractivity contribution in [3.8, 4) is 11.5 Å². The Balaban J connectivity index is 2.91. The fourth-order valence-electron chi connectivity index (χ4n) is 1.20. The molecule has 0 spiro atoms. The van der Waals surface area contributed by atoms with Gasteiger partial charge in [-0.25, -0.2) is 0 Å². The van der Waals surface area contributed by atoms with E-state index in [9.17, 15) is 0 Å². The van der Waals surface area contributed by atoms with E-state index in [0.717, 1.165) is 5.56 Å². The van der Waals surface area contributed by atoms with Gasteiger partial charge in [-0.15, -0.1) is 0 Å². The van der Waals surface area contributed by atoms with Crippen LogP contribution in [0, 0.1) is 5.41 Å². The van der Waals surface area contributed by atoms with Crippen LogP contribution in [0.3, 0.4) is 0 Å². The molecule has 0 amide bonds. The lowest BCUT2D eigenvalue weighted by Crippen LogP contribution is -1.93. The maximum Gasteiger partial charge on any atom is 0.205 e. The summed E-state index contributed by atoms with van der Waals surface area (Å²) in [6.45, 7) is 0. The van der Waals surface area contributed by atoms with E-state index >= 15 is 0 Å². The van der Waals surface area contributed by atoms with Gasteiger partial charge < -0.3 is 14.2 Å². The summed E-state index contributed by atoms with van der Waals surface area (Å²) in [5.74, 6) is 1.45. The van der Waals surface area contributed by atoms with Crippen molar-refractivity contribution < 1.29 is 14.2 Å². The molecule has 16 heavy (non-hydrogen) atoms. The third-order valence-electron chi connectivity index (χ3n) is 2.05. The third-order valence-corrected chi connectivity index (χ3v) is 2.05. The Morgan fingerprint density at radius 2 is 1.81 bits per heavy atom.